The lowest BCUT2D eigenvalue weighted by Gasteiger charge is -2.16. The second-order valence-corrected chi connectivity index (χ2v) is 6.44. The highest BCUT2D eigenvalue weighted by Crippen LogP contribution is 2.20. The van der Waals surface area contributed by atoms with Crippen molar-refractivity contribution >= 4 is 17.5 Å². The first-order valence-electron chi connectivity index (χ1n) is 8.72. The maximum atomic E-state index is 12.3. The molecule has 1 unspecified atom stereocenters. The normalized spacial score (nSPS) is 16.6. The molecule has 0 radical (unpaired) electrons. The maximum absolute atomic E-state index is 12.3. The lowest BCUT2D eigenvalue weighted by atomic mass is 10.1. The summed E-state index contributed by atoms with van der Waals surface area (Å²) in [4.78, 5) is 34.3. The van der Waals surface area contributed by atoms with Crippen LogP contribution < -0.4 is 10.6 Å². The number of aryl methyl sites for hydroxylation is 1. The minimum absolute atomic E-state index is 0.0135. The van der Waals surface area contributed by atoms with Crippen molar-refractivity contribution in [1.82, 2.24) is 20.2 Å². The van der Waals surface area contributed by atoms with E-state index < -0.39 is 0 Å². The summed E-state index contributed by atoms with van der Waals surface area (Å²) in [5.41, 5.74) is 3.04. The molecule has 2 aromatic rings. The van der Waals surface area contributed by atoms with Crippen LogP contribution in [0.2, 0.25) is 0 Å². The monoisotopic (exact) mass is 353 g/mol. The van der Waals surface area contributed by atoms with Crippen molar-refractivity contribution in [3.8, 4) is 0 Å². The van der Waals surface area contributed by atoms with E-state index >= 15 is 0 Å². The molecule has 0 bridgehead atoms. The zero-order valence-electron chi connectivity index (χ0n) is 14.8. The first-order valence-corrected chi connectivity index (χ1v) is 8.72. The summed E-state index contributed by atoms with van der Waals surface area (Å²) in [5.74, 6) is -0.346. The Bertz CT molecular complexity index is 766. The summed E-state index contributed by atoms with van der Waals surface area (Å²) >= 11 is 0. The molecule has 7 nitrogen and oxygen atoms in total. The number of amides is 2. The van der Waals surface area contributed by atoms with Crippen LogP contribution in [0.4, 0.5) is 5.69 Å². The molecule has 1 aliphatic heterocycles. The fraction of sp³-hybridized carbons (Fsp3) is 0.368. The second kappa shape index (κ2) is 8.42. The van der Waals surface area contributed by atoms with Gasteiger partial charge in [0.2, 0.25) is 11.8 Å². The highest BCUT2D eigenvalue weighted by molar-refractivity contribution is 5.89. The molecular formula is C19H23N5O2. The molecule has 1 saturated heterocycles. The van der Waals surface area contributed by atoms with Gasteiger partial charge in [0.1, 0.15) is 0 Å². The Labute approximate surface area is 152 Å². The highest BCUT2D eigenvalue weighted by Gasteiger charge is 2.33. The number of hydrogen-bond acceptors (Lipinski definition) is 5. The third kappa shape index (κ3) is 4.56. The zero-order chi connectivity index (χ0) is 18.4. The van der Waals surface area contributed by atoms with E-state index in [9.17, 15) is 9.59 Å². The van der Waals surface area contributed by atoms with Crippen LogP contribution in [-0.2, 0) is 16.1 Å². The summed E-state index contributed by atoms with van der Waals surface area (Å²) in [7, 11) is 0. The van der Waals surface area contributed by atoms with E-state index in [0.717, 1.165) is 16.8 Å². The molecule has 0 saturated carbocycles. The van der Waals surface area contributed by atoms with Crippen molar-refractivity contribution in [3.63, 3.8) is 0 Å². The van der Waals surface area contributed by atoms with E-state index in [-0.39, 0.29) is 24.2 Å². The lowest BCUT2D eigenvalue weighted by molar-refractivity contribution is -0.129. The van der Waals surface area contributed by atoms with Crippen molar-refractivity contribution in [2.24, 2.45) is 5.92 Å². The molecule has 3 rings (SSSR count). The first-order chi connectivity index (χ1) is 12.6. The number of pyridine rings is 2. The van der Waals surface area contributed by atoms with E-state index in [1.54, 1.807) is 29.7 Å². The molecule has 0 aromatic carbocycles. The number of likely N-dealkylation sites (tertiary alicyclic amines) is 1. The number of carbonyl (C=O) groups is 2. The third-order valence-electron chi connectivity index (χ3n) is 4.44. The topological polar surface area (TPSA) is 87.2 Å². The van der Waals surface area contributed by atoms with Gasteiger partial charge in [-0.05, 0) is 30.2 Å². The second-order valence-electron chi connectivity index (χ2n) is 6.44. The SMILES string of the molecule is Cc1cnccc1NCCNC(=O)C1CC(=O)N(Cc2cccnc2)C1. The van der Waals surface area contributed by atoms with E-state index in [1.165, 1.54) is 0 Å². The van der Waals surface area contributed by atoms with E-state index in [2.05, 4.69) is 20.6 Å². The Morgan fingerprint density at radius 1 is 1.23 bits per heavy atom. The Balaban J connectivity index is 1.42. The molecule has 0 aliphatic carbocycles. The number of nitrogens with one attached hydrogen (secondary N) is 2. The maximum Gasteiger partial charge on any atom is 0.225 e. The number of rotatable bonds is 7. The quantitative estimate of drug-likeness (QED) is 0.734. The number of hydrogen-bond donors (Lipinski definition) is 2. The smallest absolute Gasteiger partial charge is 0.225 e. The predicted molar refractivity (Wildman–Crippen MR) is 98.2 cm³/mol. The van der Waals surface area contributed by atoms with Crippen LogP contribution in [0.5, 0.6) is 0 Å². The molecular weight excluding hydrogens is 330 g/mol. The molecule has 1 fully saturated rings. The largest absolute Gasteiger partial charge is 0.383 e. The molecule has 3 heterocycles. The van der Waals surface area contributed by atoms with Crippen LogP contribution in [-0.4, -0.2) is 46.3 Å². The van der Waals surface area contributed by atoms with Gasteiger partial charge in [-0.3, -0.25) is 19.6 Å². The van der Waals surface area contributed by atoms with Gasteiger partial charge in [0.15, 0.2) is 0 Å². The average Bonchev–Trinajstić information content (AvgIpc) is 3.01. The van der Waals surface area contributed by atoms with Gasteiger partial charge in [-0.15, -0.1) is 0 Å². The van der Waals surface area contributed by atoms with Gasteiger partial charge in [-0.25, -0.2) is 0 Å². The van der Waals surface area contributed by atoms with Crippen LogP contribution in [0.25, 0.3) is 0 Å². The van der Waals surface area contributed by atoms with Gasteiger partial charge in [-0.2, -0.15) is 0 Å². The Kier molecular flexibility index (Phi) is 5.78. The van der Waals surface area contributed by atoms with Crippen LogP contribution in [0, 0.1) is 12.8 Å². The molecule has 2 amide bonds. The van der Waals surface area contributed by atoms with Crippen molar-refractivity contribution < 1.29 is 9.59 Å². The van der Waals surface area contributed by atoms with Crippen molar-refractivity contribution in [2.75, 3.05) is 25.0 Å². The summed E-state index contributed by atoms with van der Waals surface area (Å²) in [6.07, 6.45) is 7.24. The van der Waals surface area contributed by atoms with Crippen LogP contribution >= 0.6 is 0 Å². The zero-order valence-corrected chi connectivity index (χ0v) is 14.8. The minimum Gasteiger partial charge on any atom is -0.383 e. The molecule has 2 aromatic heterocycles. The van der Waals surface area contributed by atoms with Crippen molar-refractivity contribution in [2.45, 2.75) is 19.9 Å². The molecule has 0 spiro atoms. The Morgan fingerprint density at radius 2 is 2.08 bits per heavy atom. The van der Waals surface area contributed by atoms with Crippen LogP contribution in [0.1, 0.15) is 17.5 Å². The van der Waals surface area contributed by atoms with Gasteiger partial charge < -0.3 is 15.5 Å². The highest BCUT2D eigenvalue weighted by atomic mass is 16.2. The average molecular weight is 353 g/mol. The number of anilines is 1. The summed E-state index contributed by atoms with van der Waals surface area (Å²) in [5, 5.41) is 6.18. The molecule has 26 heavy (non-hydrogen) atoms. The fourth-order valence-electron chi connectivity index (χ4n) is 3.01. The Hall–Kier alpha value is -2.96. The molecule has 1 atom stereocenters. The standard InChI is InChI=1S/C19H23N5O2/c1-14-10-21-6-4-17(14)22-7-8-23-19(26)16-9-18(25)24(13-16)12-15-3-2-5-20-11-15/h2-6,10-11,16H,7-9,12-13H2,1H3,(H,21,22)(H,23,26). The molecule has 7 heteroatoms. The minimum atomic E-state index is -0.290. The summed E-state index contributed by atoms with van der Waals surface area (Å²) in [6.45, 7) is 4.06. The van der Waals surface area contributed by atoms with Gasteiger partial charge >= 0.3 is 0 Å². The van der Waals surface area contributed by atoms with Crippen molar-refractivity contribution in [3.05, 3.63) is 54.1 Å². The van der Waals surface area contributed by atoms with Gasteiger partial charge in [0.05, 0.1) is 5.92 Å². The van der Waals surface area contributed by atoms with Gasteiger partial charge in [0.25, 0.3) is 0 Å². The van der Waals surface area contributed by atoms with Gasteiger partial charge in [-0.1, -0.05) is 6.07 Å². The first kappa shape index (κ1) is 17.8. The molecule has 1 aliphatic rings. The van der Waals surface area contributed by atoms with Crippen LogP contribution in [0.15, 0.2) is 43.0 Å². The van der Waals surface area contributed by atoms with Crippen LogP contribution in [0.3, 0.4) is 0 Å². The number of carbonyl (C=O) groups excluding carboxylic acids is 2. The fourth-order valence-corrected chi connectivity index (χ4v) is 3.01. The van der Waals surface area contributed by atoms with Crippen molar-refractivity contribution in [1.29, 1.82) is 0 Å². The van der Waals surface area contributed by atoms with Gasteiger partial charge in [0, 0.05) is 63.1 Å². The molecule has 2 N–H and O–H groups in total. The molecule has 136 valence electrons. The summed E-state index contributed by atoms with van der Waals surface area (Å²) in [6, 6.07) is 5.68. The summed E-state index contributed by atoms with van der Waals surface area (Å²) < 4.78 is 0. The van der Waals surface area contributed by atoms with E-state index in [4.69, 9.17) is 0 Å². The lowest BCUT2D eigenvalue weighted by Crippen LogP contribution is -2.35. The Morgan fingerprint density at radius 3 is 2.85 bits per heavy atom. The van der Waals surface area contributed by atoms with E-state index in [1.807, 2.05) is 25.1 Å². The van der Waals surface area contributed by atoms with E-state index in [0.29, 0.717) is 26.2 Å². The predicted octanol–water partition coefficient (Wildman–Crippen LogP) is 1.36. The third-order valence-corrected chi connectivity index (χ3v) is 4.44. The number of nitrogens with zero attached hydrogens (tertiary/aromatic N) is 3. The number of aromatic nitrogens is 2.